The first kappa shape index (κ1) is 20.4. The molecule has 1 aliphatic rings. The lowest BCUT2D eigenvalue weighted by Crippen LogP contribution is -2.15. The van der Waals surface area contributed by atoms with Crippen molar-refractivity contribution < 1.29 is 0 Å². The SMILES string of the molecule is Cc1ccc2c(c1)C(C)(C)c1cc(-c3nc(-c4ccccn4)nc(-c4ccccn4)n3)ccc1-2. The van der Waals surface area contributed by atoms with E-state index in [2.05, 4.69) is 67.1 Å². The van der Waals surface area contributed by atoms with Crippen LogP contribution in [0, 0.1) is 6.92 Å². The van der Waals surface area contributed by atoms with Gasteiger partial charge >= 0.3 is 0 Å². The van der Waals surface area contributed by atoms with Gasteiger partial charge in [0.1, 0.15) is 11.4 Å². The minimum Gasteiger partial charge on any atom is -0.253 e. The molecule has 0 bridgehead atoms. The van der Waals surface area contributed by atoms with Crippen LogP contribution in [0.15, 0.2) is 85.2 Å². The first-order valence-electron chi connectivity index (χ1n) is 11.4. The molecule has 0 unspecified atom stereocenters. The first-order valence-corrected chi connectivity index (χ1v) is 11.4. The number of rotatable bonds is 3. The van der Waals surface area contributed by atoms with Crippen LogP contribution in [0.25, 0.3) is 45.6 Å². The average molecular weight is 442 g/mol. The van der Waals surface area contributed by atoms with Gasteiger partial charge in [0, 0.05) is 23.4 Å². The molecule has 0 radical (unpaired) electrons. The number of nitrogens with zero attached hydrogens (tertiary/aromatic N) is 5. The molecular weight excluding hydrogens is 418 g/mol. The van der Waals surface area contributed by atoms with Crippen molar-refractivity contribution in [1.82, 2.24) is 24.9 Å². The van der Waals surface area contributed by atoms with Crippen LogP contribution in [0.4, 0.5) is 0 Å². The van der Waals surface area contributed by atoms with E-state index in [-0.39, 0.29) is 5.41 Å². The van der Waals surface area contributed by atoms with Crippen molar-refractivity contribution in [1.29, 1.82) is 0 Å². The van der Waals surface area contributed by atoms with Gasteiger partial charge in [0.2, 0.25) is 0 Å². The monoisotopic (exact) mass is 441 g/mol. The van der Waals surface area contributed by atoms with E-state index < -0.39 is 0 Å². The Morgan fingerprint density at radius 1 is 0.588 bits per heavy atom. The van der Waals surface area contributed by atoms with Crippen molar-refractivity contribution >= 4 is 0 Å². The predicted octanol–water partition coefficient (Wildman–Crippen LogP) is 6.28. The summed E-state index contributed by atoms with van der Waals surface area (Å²) in [6.45, 7) is 6.72. The number of benzene rings is 2. The third-order valence-corrected chi connectivity index (χ3v) is 6.51. The fourth-order valence-electron chi connectivity index (χ4n) is 4.71. The van der Waals surface area contributed by atoms with Gasteiger partial charge in [-0.25, -0.2) is 15.0 Å². The molecule has 34 heavy (non-hydrogen) atoms. The molecule has 2 aromatic carbocycles. The van der Waals surface area contributed by atoms with Crippen LogP contribution in [0.3, 0.4) is 0 Å². The van der Waals surface area contributed by atoms with Gasteiger partial charge in [-0.2, -0.15) is 0 Å². The molecule has 0 aliphatic heterocycles. The van der Waals surface area contributed by atoms with Crippen LogP contribution in [0.1, 0.15) is 30.5 Å². The summed E-state index contributed by atoms with van der Waals surface area (Å²) in [6, 6.07) is 24.7. The van der Waals surface area contributed by atoms with Gasteiger partial charge in [0.05, 0.1) is 0 Å². The Balaban J connectivity index is 1.53. The zero-order valence-corrected chi connectivity index (χ0v) is 19.3. The van der Waals surface area contributed by atoms with E-state index in [0.29, 0.717) is 28.9 Å². The maximum atomic E-state index is 4.82. The van der Waals surface area contributed by atoms with E-state index >= 15 is 0 Å². The van der Waals surface area contributed by atoms with Crippen LogP contribution in [0.2, 0.25) is 0 Å². The van der Waals surface area contributed by atoms with Gasteiger partial charge in [0.15, 0.2) is 17.5 Å². The van der Waals surface area contributed by atoms with Crippen molar-refractivity contribution in [3.05, 3.63) is 102 Å². The molecule has 3 aromatic heterocycles. The lowest BCUT2D eigenvalue weighted by Gasteiger charge is -2.22. The van der Waals surface area contributed by atoms with Crippen molar-refractivity contribution in [2.24, 2.45) is 0 Å². The summed E-state index contributed by atoms with van der Waals surface area (Å²) in [5, 5.41) is 0. The third-order valence-electron chi connectivity index (χ3n) is 6.51. The summed E-state index contributed by atoms with van der Waals surface area (Å²) in [5.41, 5.74) is 8.74. The molecule has 0 amide bonds. The summed E-state index contributed by atoms with van der Waals surface area (Å²) in [7, 11) is 0. The summed E-state index contributed by atoms with van der Waals surface area (Å²) >= 11 is 0. The number of hydrogen-bond donors (Lipinski definition) is 0. The number of pyridine rings is 2. The molecule has 0 N–H and O–H groups in total. The molecule has 5 aromatic rings. The molecule has 0 atom stereocenters. The normalized spacial score (nSPS) is 13.4. The molecule has 0 saturated carbocycles. The molecule has 6 rings (SSSR count). The molecule has 164 valence electrons. The van der Waals surface area contributed by atoms with E-state index in [1.807, 2.05) is 36.4 Å². The molecule has 3 heterocycles. The van der Waals surface area contributed by atoms with Gasteiger partial charge in [-0.05, 0) is 59.5 Å². The quantitative estimate of drug-likeness (QED) is 0.330. The second kappa shape index (κ2) is 7.66. The van der Waals surface area contributed by atoms with Crippen LogP contribution in [-0.4, -0.2) is 24.9 Å². The molecule has 1 aliphatic carbocycles. The third kappa shape index (κ3) is 3.28. The standard InChI is InChI=1S/C29H23N5/c1-18-10-12-20-21-13-11-19(17-23(21)29(2,3)22(20)16-18)26-32-27(24-8-4-6-14-30-24)34-28(33-26)25-9-5-7-15-31-25/h4-17H,1-3H3. The maximum absolute atomic E-state index is 4.82. The van der Waals surface area contributed by atoms with Gasteiger partial charge in [-0.1, -0.05) is 61.9 Å². The lowest BCUT2D eigenvalue weighted by atomic mass is 9.81. The second-order valence-corrected chi connectivity index (χ2v) is 9.17. The first-order chi connectivity index (χ1) is 16.5. The Labute approximate surface area is 198 Å². The van der Waals surface area contributed by atoms with Gasteiger partial charge in [0.25, 0.3) is 0 Å². The van der Waals surface area contributed by atoms with Crippen LogP contribution in [0.5, 0.6) is 0 Å². The van der Waals surface area contributed by atoms with Gasteiger partial charge in [-0.3, -0.25) is 9.97 Å². The Morgan fingerprint density at radius 2 is 1.15 bits per heavy atom. The van der Waals surface area contributed by atoms with Crippen molar-refractivity contribution in [3.63, 3.8) is 0 Å². The minimum absolute atomic E-state index is 0.104. The van der Waals surface area contributed by atoms with Gasteiger partial charge < -0.3 is 0 Å². The zero-order valence-electron chi connectivity index (χ0n) is 19.3. The van der Waals surface area contributed by atoms with Crippen LogP contribution < -0.4 is 0 Å². The smallest absolute Gasteiger partial charge is 0.182 e. The highest BCUT2D eigenvalue weighted by Gasteiger charge is 2.35. The lowest BCUT2D eigenvalue weighted by molar-refractivity contribution is 0.660. The highest BCUT2D eigenvalue weighted by Crippen LogP contribution is 2.49. The molecular formula is C29H23N5. The Bertz CT molecular complexity index is 1470. The molecule has 5 nitrogen and oxygen atoms in total. The predicted molar refractivity (Wildman–Crippen MR) is 134 cm³/mol. The number of hydrogen-bond acceptors (Lipinski definition) is 5. The number of fused-ring (bicyclic) bond motifs is 3. The van der Waals surface area contributed by atoms with E-state index in [1.54, 1.807) is 12.4 Å². The van der Waals surface area contributed by atoms with E-state index in [9.17, 15) is 0 Å². The Hall–Kier alpha value is -4.25. The molecule has 0 fully saturated rings. The van der Waals surface area contributed by atoms with Crippen molar-refractivity contribution in [2.75, 3.05) is 0 Å². The van der Waals surface area contributed by atoms with E-state index in [0.717, 1.165) is 5.56 Å². The van der Waals surface area contributed by atoms with Crippen LogP contribution >= 0.6 is 0 Å². The summed E-state index contributed by atoms with van der Waals surface area (Å²) in [6.07, 6.45) is 3.49. The largest absolute Gasteiger partial charge is 0.253 e. The minimum atomic E-state index is -0.104. The van der Waals surface area contributed by atoms with E-state index in [1.165, 1.54) is 27.8 Å². The number of aryl methyl sites for hydroxylation is 1. The molecule has 5 heteroatoms. The molecule has 0 spiro atoms. The van der Waals surface area contributed by atoms with E-state index in [4.69, 9.17) is 15.0 Å². The fraction of sp³-hybridized carbons (Fsp3) is 0.138. The fourth-order valence-corrected chi connectivity index (χ4v) is 4.71. The topological polar surface area (TPSA) is 64.5 Å². The highest BCUT2D eigenvalue weighted by molar-refractivity contribution is 5.83. The van der Waals surface area contributed by atoms with Crippen molar-refractivity contribution in [3.8, 4) is 45.6 Å². The summed E-state index contributed by atoms with van der Waals surface area (Å²) in [5.74, 6) is 1.68. The zero-order chi connectivity index (χ0) is 23.3. The number of aromatic nitrogens is 5. The van der Waals surface area contributed by atoms with Crippen molar-refractivity contribution in [2.45, 2.75) is 26.2 Å². The highest BCUT2D eigenvalue weighted by atomic mass is 15.1. The Morgan fingerprint density at radius 3 is 1.74 bits per heavy atom. The Kier molecular flexibility index (Phi) is 4.59. The summed E-state index contributed by atoms with van der Waals surface area (Å²) in [4.78, 5) is 23.3. The maximum Gasteiger partial charge on any atom is 0.182 e. The van der Waals surface area contributed by atoms with Gasteiger partial charge in [-0.15, -0.1) is 0 Å². The summed E-state index contributed by atoms with van der Waals surface area (Å²) < 4.78 is 0. The second-order valence-electron chi connectivity index (χ2n) is 9.17. The average Bonchev–Trinajstić information content (AvgIpc) is 3.10. The van der Waals surface area contributed by atoms with Crippen LogP contribution in [-0.2, 0) is 5.41 Å². The molecule has 0 saturated heterocycles.